The first-order valence-corrected chi connectivity index (χ1v) is 8.18. The highest BCUT2D eigenvalue weighted by Gasteiger charge is 2.21. The van der Waals surface area contributed by atoms with Gasteiger partial charge in [-0.2, -0.15) is 0 Å². The zero-order valence-electron chi connectivity index (χ0n) is 14.9. The number of urea groups is 1. The summed E-state index contributed by atoms with van der Waals surface area (Å²) in [5.74, 6) is -0.891. The molecule has 0 aliphatic heterocycles. The molecule has 0 radical (unpaired) electrons. The number of nitrogens with zero attached hydrogens (tertiary/aromatic N) is 2. The summed E-state index contributed by atoms with van der Waals surface area (Å²) in [5.41, 5.74) is 0. The molecule has 0 spiro atoms. The Labute approximate surface area is 134 Å². The van der Waals surface area contributed by atoms with Gasteiger partial charge in [-0.25, -0.2) is 4.79 Å². The Morgan fingerprint density at radius 3 is 2.09 bits per heavy atom. The first kappa shape index (κ1) is 20.7. The van der Waals surface area contributed by atoms with Crippen LogP contribution in [0.5, 0.6) is 0 Å². The van der Waals surface area contributed by atoms with Crippen molar-refractivity contribution < 1.29 is 14.7 Å². The number of carbonyl (C=O) groups excluding carboxylic acids is 1. The predicted octanol–water partition coefficient (Wildman–Crippen LogP) is 2.10. The van der Waals surface area contributed by atoms with Gasteiger partial charge in [0.15, 0.2) is 0 Å². The first-order chi connectivity index (χ1) is 10.2. The third-order valence-electron chi connectivity index (χ3n) is 3.88. The van der Waals surface area contributed by atoms with E-state index in [1.165, 1.54) is 4.90 Å². The van der Waals surface area contributed by atoms with E-state index in [9.17, 15) is 9.59 Å². The van der Waals surface area contributed by atoms with Crippen molar-refractivity contribution in [3.05, 3.63) is 0 Å². The van der Waals surface area contributed by atoms with Crippen molar-refractivity contribution in [1.29, 1.82) is 0 Å². The molecule has 0 rings (SSSR count). The molecule has 0 aromatic carbocycles. The third kappa shape index (κ3) is 7.64. The van der Waals surface area contributed by atoms with Crippen molar-refractivity contribution in [3.8, 4) is 0 Å². The third-order valence-corrected chi connectivity index (χ3v) is 3.88. The van der Waals surface area contributed by atoms with E-state index in [2.05, 4.69) is 37.9 Å². The van der Waals surface area contributed by atoms with E-state index in [1.807, 2.05) is 0 Å². The van der Waals surface area contributed by atoms with Crippen molar-refractivity contribution in [2.24, 2.45) is 11.8 Å². The first-order valence-electron chi connectivity index (χ1n) is 8.18. The smallest absolute Gasteiger partial charge is 0.317 e. The molecule has 0 saturated heterocycles. The highest BCUT2D eigenvalue weighted by molar-refractivity contribution is 5.75. The summed E-state index contributed by atoms with van der Waals surface area (Å²) in [5, 5.41) is 11.8. The van der Waals surface area contributed by atoms with Crippen LogP contribution in [-0.4, -0.2) is 66.2 Å². The van der Waals surface area contributed by atoms with Gasteiger partial charge in [-0.1, -0.05) is 34.6 Å². The van der Waals surface area contributed by atoms with Gasteiger partial charge < -0.3 is 15.3 Å². The van der Waals surface area contributed by atoms with Gasteiger partial charge in [0.2, 0.25) is 0 Å². The Bertz CT molecular complexity index is 344. The summed E-state index contributed by atoms with van der Waals surface area (Å²) in [4.78, 5) is 26.7. The Balaban J connectivity index is 4.50. The lowest BCUT2D eigenvalue weighted by molar-refractivity contribution is -0.141. The topological polar surface area (TPSA) is 72.9 Å². The van der Waals surface area contributed by atoms with Crippen LogP contribution in [0.15, 0.2) is 0 Å². The van der Waals surface area contributed by atoms with Crippen LogP contribution in [0.4, 0.5) is 4.79 Å². The van der Waals surface area contributed by atoms with E-state index >= 15 is 0 Å². The highest BCUT2D eigenvalue weighted by atomic mass is 16.4. The molecule has 2 atom stereocenters. The number of aliphatic carboxylic acids is 1. The molecule has 2 amide bonds. The Morgan fingerprint density at radius 2 is 1.68 bits per heavy atom. The standard InChI is InChI=1S/C16H33N3O3/c1-7-19(8-2)14(9-12(3)4)10-17-16(22)18(6)11-13(5)15(20)21/h12-14H,7-11H2,1-6H3,(H,17,22)(H,20,21). The number of nitrogens with one attached hydrogen (secondary N) is 1. The van der Waals surface area contributed by atoms with Gasteiger partial charge in [0.1, 0.15) is 0 Å². The molecule has 130 valence electrons. The van der Waals surface area contributed by atoms with Gasteiger partial charge in [0, 0.05) is 26.2 Å². The summed E-state index contributed by atoms with van der Waals surface area (Å²) in [6.07, 6.45) is 1.03. The monoisotopic (exact) mass is 315 g/mol. The minimum atomic E-state index is -0.888. The number of carbonyl (C=O) groups is 2. The van der Waals surface area contributed by atoms with Crippen molar-refractivity contribution in [2.45, 2.75) is 47.1 Å². The van der Waals surface area contributed by atoms with E-state index in [0.29, 0.717) is 18.5 Å². The van der Waals surface area contributed by atoms with Crippen LogP contribution in [0.1, 0.15) is 41.0 Å². The molecule has 0 aromatic rings. The minimum Gasteiger partial charge on any atom is -0.481 e. The number of likely N-dealkylation sites (N-methyl/N-ethyl adjacent to an activating group) is 1. The van der Waals surface area contributed by atoms with Crippen molar-refractivity contribution in [1.82, 2.24) is 15.1 Å². The molecule has 0 fully saturated rings. The van der Waals surface area contributed by atoms with Crippen molar-refractivity contribution >= 4 is 12.0 Å². The average Bonchev–Trinajstić information content (AvgIpc) is 2.44. The largest absolute Gasteiger partial charge is 0.481 e. The number of rotatable bonds is 10. The molecule has 2 N–H and O–H groups in total. The lowest BCUT2D eigenvalue weighted by Gasteiger charge is -2.32. The lowest BCUT2D eigenvalue weighted by atomic mass is 10.0. The van der Waals surface area contributed by atoms with E-state index in [1.54, 1.807) is 14.0 Å². The molecule has 0 aromatic heterocycles. The summed E-state index contributed by atoms with van der Waals surface area (Å²) in [6, 6.07) is 0.0956. The van der Waals surface area contributed by atoms with Crippen LogP contribution < -0.4 is 5.32 Å². The van der Waals surface area contributed by atoms with Gasteiger partial charge in [-0.3, -0.25) is 9.69 Å². The van der Waals surface area contributed by atoms with Crippen LogP contribution in [0.3, 0.4) is 0 Å². The van der Waals surface area contributed by atoms with Gasteiger partial charge in [0.05, 0.1) is 5.92 Å². The second-order valence-electron chi connectivity index (χ2n) is 6.31. The molecule has 6 heteroatoms. The number of carboxylic acids is 1. The van der Waals surface area contributed by atoms with Gasteiger partial charge in [0.25, 0.3) is 0 Å². The molecule has 0 aliphatic rings. The average molecular weight is 315 g/mol. The summed E-state index contributed by atoms with van der Waals surface area (Å²) in [6.45, 7) is 12.9. The summed E-state index contributed by atoms with van der Waals surface area (Å²) < 4.78 is 0. The molecule has 0 heterocycles. The number of carboxylic acid groups (broad SMARTS) is 1. The van der Waals surface area contributed by atoms with Crippen LogP contribution >= 0.6 is 0 Å². The molecular formula is C16H33N3O3. The second-order valence-corrected chi connectivity index (χ2v) is 6.31. The Morgan fingerprint density at radius 1 is 1.14 bits per heavy atom. The van der Waals surface area contributed by atoms with Gasteiger partial charge in [-0.15, -0.1) is 0 Å². The fourth-order valence-corrected chi connectivity index (χ4v) is 2.56. The van der Waals surface area contributed by atoms with Crippen LogP contribution in [0, 0.1) is 11.8 Å². The molecule has 2 unspecified atom stereocenters. The molecule has 0 saturated carbocycles. The molecule has 0 bridgehead atoms. The summed E-state index contributed by atoms with van der Waals surface area (Å²) >= 11 is 0. The Kier molecular flexibility index (Phi) is 9.81. The number of hydrogen-bond donors (Lipinski definition) is 2. The van der Waals surface area contributed by atoms with Gasteiger partial charge >= 0.3 is 12.0 Å². The van der Waals surface area contributed by atoms with E-state index in [0.717, 1.165) is 19.5 Å². The van der Waals surface area contributed by atoms with Crippen molar-refractivity contribution in [3.63, 3.8) is 0 Å². The van der Waals surface area contributed by atoms with Crippen LogP contribution in [0.2, 0.25) is 0 Å². The maximum atomic E-state index is 12.1. The minimum absolute atomic E-state index is 0.210. The fourth-order valence-electron chi connectivity index (χ4n) is 2.56. The zero-order chi connectivity index (χ0) is 17.3. The molecule has 22 heavy (non-hydrogen) atoms. The SMILES string of the molecule is CCN(CC)C(CNC(=O)N(C)CC(C)C(=O)O)CC(C)C. The summed E-state index contributed by atoms with van der Waals surface area (Å²) in [7, 11) is 1.63. The molecule has 0 aliphatic carbocycles. The fraction of sp³-hybridized carbons (Fsp3) is 0.875. The zero-order valence-corrected chi connectivity index (χ0v) is 14.9. The van der Waals surface area contributed by atoms with E-state index in [4.69, 9.17) is 5.11 Å². The Hall–Kier alpha value is -1.30. The normalized spacial score (nSPS) is 14.0. The van der Waals surface area contributed by atoms with Gasteiger partial charge in [-0.05, 0) is 25.4 Å². The molecular weight excluding hydrogens is 282 g/mol. The predicted molar refractivity (Wildman–Crippen MR) is 89.0 cm³/mol. The quantitative estimate of drug-likeness (QED) is 0.647. The maximum Gasteiger partial charge on any atom is 0.317 e. The van der Waals surface area contributed by atoms with E-state index < -0.39 is 11.9 Å². The van der Waals surface area contributed by atoms with Crippen molar-refractivity contribution in [2.75, 3.05) is 33.2 Å². The molecule has 6 nitrogen and oxygen atoms in total. The van der Waals surface area contributed by atoms with Crippen LogP contribution in [-0.2, 0) is 4.79 Å². The van der Waals surface area contributed by atoms with E-state index in [-0.39, 0.29) is 12.6 Å². The highest BCUT2D eigenvalue weighted by Crippen LogP contribution is 2.11. The lowest BCUT2D eigenvalue weighted by Crippen LogP contribution is -2.48. The number of amides is 2. The van der Waals surface area contributed by atoms with Crippen LogP contribution in [0.25, 0.3) is 0 Å². The maximum absolute atomic E-state index is 12.1. The number of hydrogen-bond acceptors (Lipinski definition) is 3. The second kappa shape index (κ2) is 10.4.